The van der Waals surface area contributed by atoms with Crippen LogP contribution in [0.5, 0.6) is 0 Å². The lowest BCUT2D eigenvalue weighted by Crippen LogP contribution is -2.42. The summed E-state index contributed by atoms with van der Waals surface area (Å²) in [7, 11) is 0. The Kier molecular flexibility index (Phi) is 4.03. The van der Waals surface area contributed by atoms with E-state index in [1.807, 2.05) is 0 Å². The number of aromatic amines is 1. The molecule has 0 saturated heterocycles. The number of rotatable bonds is 5. The molecule has 7 nitrogen and oxygen atoms in total. The molecule has 0 unspecified atom stereocenters. The molecular weight excluding hydrogens is 317 g/mol. The number of hydrogen-bond donors (Lipinski definition) is 3. The first-order chi connectivity index (χ1) is 11.4. The second-order valence-electron chi connectivity index (χ2n) is 5.40. The molecule has 0 saturated carbocycles. The Bertz CT molecular complexity index is 915. The van der Waals surface area contributed by atoms with Crippen LogP contribution in [0.15, 0.2) is 35.0 Å². The van der Waals surface area contributed by atoms with Crippen LogP contribution in [0.2, 0.25) is 0 Å². The number of carboxylic acid groups (broad SMARTS) is 1. The second-order valence-corrected chi connectivity index (χ2v) is 5.40. The summed E-state index contributed by atoms with van der Waals surface area (Å²) < 4.78 is 18.0. The third kappa shape index (κ3) is 3.12. The molecule has 0 aliphatic carbocycles. The quantitative estimate of drug-likeness (QED) is 0.663. The van der Waals surface area contributed by atoms with E-state index in [-0.39, 0.29) is 18.0 Å². The predicted molar refractivity (Wildman–Crippen MR) is 82.1 cm³/mol. The van der Waals surface area contributed by atoms with Crippen molar-refractivity contribution in [3.63, 3.8) is 0 Å². The van der Waals surface area contributed by atoms with Gasteiger partial charge in [0.25, 0.3) is 5.91 Å². The summed E-state index contributed by atoms with van der Waals surface area (Å²) in [4.78, 5) is 26.4. The Morgan fingerprint density at radius 3 is 2.88 bits per heavy atom. The number of fused-ring (bicyclic) bond motifs is 1. The van der Waals surface area contributed by atoms with Gasteiger partial charge in [0.1, 0.15) is 11.9 Å². The van der Waals surface area contributed by atoms with Crippen molar-refractivity contribution in [1.82, 2.24) is 15.5 Å². The summed E-state index contributed by atoms with van der Waals surface area (Å²) >= 11 is 0. The van der Waals surface area contributed by atoms with Gasteiger partial charge in [0, 0.05) is 29.6 Å². The van der Waals surface area contributed by atoms with Crippen molar-refractivity contribution < 1.29 is 23.6 Å². The number of amides is 1. The highest BCUT2D eigenvalue weighted by molar-refractivity contribution is 5.94. The maximum atomic E-state index is 13.2. The number of hydrogen-bond acceptors (Lipinski definition) is 4. The first-order valence-electron chi connectivity index (χ1n) is 7.16. The second kappa shape index (κ2) is 6.15. The summed E-state index contributed by atoms with van der Waals surface area (Å²) in [6.07, 6.45) is 1.64. The van der Waals surface area contributed by atoms with Crippen LogP contribution in [0, 0.1) is 12.7 Å². The lowest BCUT2D eigenvalue weighted by molar-refractivity contribution is -0.139. The van der Waals surface area contributed by atoms with Crippen LogP contribution in [0.3, 0.4) is 0 Å². The zero-order chi connectivity index (χ0) is 17.3. The van der Waals surface area contributed by atoms with E-state index < -0.39 is 17.9 Å². The fourth-order valence-electron chi connectivity index (χ4n) is 2.45. The molecule has 124 valence electrons. The van der Waals surface area contributed by atoms with Gasteiger partial charge in [-0.05, 0) is 30.7 Å². The SMILES string of the molecule is Cc1cc(C(=O)N[C@@H](Cc2c[nH]c3cc(F)ccc23)C(=O)O)on1. The summed E-state index contributed by atoms with van der Waals surface area (Å²) in [6, 6.07) is 4.45. The number of halogens is 1. The average molecular weight is 331 g/mol. The van der Waals surface area contributed by atoms with Crippen LogP contribution >= 0.6 is 0 Å². The number of nitrogens with zero attached hydrogens (tertiary/aromatic N) is 1. The molecule has 0 spiro atoms. The molecule has 0 aliphatic rings. The van der Waals surface area contributed by atoms with E-state index in [0.29, 0.717) is 22.2 Å². The zero-order valence-corrected chi connectivity index (χ0v) is 12.7. The lowest BCUT2D eigenvalue weighted by atomic mass is 10.0. The minimum atomic E-state index is -1.18. The zero-order valence-electron chi connectivity index (χ0n) is 12.7. The van der Waals surface area contributed by atoms with E-state index in [1.165, 1.54) is 18.2 Å². The number of nitrogens with one attached hydrogen (secondary N) is 2. The Labute approximate surface area is 135 Å². The van der Waals surface area contributed by atoms with Gasteiger partial charge in [0.2, 0.25) is 5.76 Å². The summed E-state index contributed by atoms with van der Waals surface area (Å²) in [5, 5.41) is 16.1. The maximum absolute atomic E-state index is 13.2. The minimum Gasteiger partial charge on any atom is -0.480 e. The molecule has 0 radical (unpaired) electrons. The summed E-state index contributed by atoms with van der Waals surface area (Å²) in [5.41, 5.74) is 1.74. The Morgan fingerprint density at radius 1 is 1.42 bits per heavy atom. The molecule has 3 aromatic rings. The Hall–Kier alpha value is -3.16. The predicted octanol–water partition coefficient (Wildman–Crippen LogP) is 2.03. The Balaban J connectivity index is 1.80. The fourth-order valence-corrected chi connectivity index (χ4v) is 2.45. The highest BCUT2D eigenvalue weighted by Gasteiger charge is 2.24. The summed E-state index contributed by atoms with van der Waals surface area (Å²) in [5.74, 6) is -2.29. The third-order valence-corrected chi connectivity index (χ3v) is 3.61. The van der Waals surface area contributed by atoms with Crippen LogP contribution in [0.25, 0.3) is 10.9 Å². The van der Waals surface area contributed by atoms with Crippen LogP contribution in [-0.2, 0) is 11.2 Å². The first-order valence-corrected chi connectivity index (χ1v) is 7.16. The van der Waals surface area contributed by atoms with E-state index >= 15 is 0 Å². The molecule has 2 aromatic heterocycles. The van der Waals surface area contributed by atoms with Gasteiger partial charge >= 0.3 is 5.97 Å². The molecule has 0 bridgehead atoms. The number of benzene rings is 1. The van der Waals surface area contributed by atoms with E-state index in [4.69, 9.17) is 4.52 Å². The van der Waals surface area contributed by atoms with Gasteiger partial charge in [-0.1, -0.05) is 5.16 Å². The summed E-state index contributed by atoms with van der Waals surface area (Å²) in [6.45, 7) is 1.65. The molecule has 3 rings (SSSR count). The maximum Gasteiger partial charge on any atom is 0.326 e. The monoisotopic (exact) mass is 331 g/mol. The van der Waals surface area contributed by atoms with Crippen LogP contribution < -0.4 is 5.32 Å². The van der Waals surface area contributed by atoms with E-state index in [2.05, 4.69) is 15.5 Å². The van der Waals surface area contributed by atoms with Crippen molar-refractivity contribution in [2.24, 2.45) is 0 Å². The Morgan fingerprint density at radius 2 is 2.21 bits per heavy atom. The minimum absolute atomic E-state index is 0.0415. The number of carboxylic acids is 1. The van der Waals surface area contributed by atoms with Crippen molar-refractivity contribution in [2.45, 2.75) is 19.4 Å². The van der Waals surface area contributed by atoms with Crippen molar-refractivity contribution in [1.29, 1.82) is 0 Å². The molecule has 2 heterocycles. The number of aliphatic carboxylic acids is 1. The fraction of sp³-hybridized carbons (Fsp3) is 0.188. The number of H-pyrrole nitrogens is 1. The normalized spacial score (nSPS) is 12.2. The number of carbonyl (C=O) groups is 2. The molecule has 8 heteroatoms. The van der Waals surface area contributed by atoms with Gasteiger partial charge in [-0.2, -0.15) is 0 Å². The van der Waals surface area contributed by atoms with E-state index in [1.54, 1.807) is 19.2 Å². The van der Waals surface area contributed by atoms with Crippen molar-refractivity contribution >= 4 is 22.8 Å². The molecule has 1 amide bonds. The smallest absolute Gasteiger partial charge is 0.326 e. The molecule has 0 aliphatic heterocycles. The van der Waals surface area contributed by atoms with Gasteiger partial charge in [-0.25, -0.2) is 9.18 Å². The van der Waals surface area contributed by atoms with Crippen LogP contribution in [0.1, 0.15) is 21.8 Å². The van der Waals surface area contributed by atoms with Gasteiger partial charge in [0.05, 0.1) is 5.69 Å². The molecule has 24 heavy (non-hydrogen) atoms. The molecule has 3 N–H and O–H groups in total. The largest absolute Gasteiger partial charge is 0.480 e. The molecule has 1 atom stereocenters. The van der Waals surface area contributed by atoms with Crippen molar-refractivity contribution in [3.05, 3.63) is 53.3 Å². The lowest BCUT2D eigenvalue weighted by Gasteiger charge is -2.13. The van der Waals surface area contributed by atoms with Crippen molar-refractivity contribution in [3.8, 4) is 0 Å². The topological polar surface area (TPSA) is 108 Å². The van der Waals surface area contributed by atoms with Gasteiger partial charge in [-0.15, -0.1) is 0 Å². The molecular formula is C16H14FN3O4. The van der Waals surface area contributed by atoms with E-state index in [0.717, 1.165) is 0 Å². The highest BCUT2D eigenvalue weighted by atomic mass is 19.1. The number of aryl methyl sites for hydroxylation is 1. The standard InChI is InChI=1S/C16H14FN3O4/c1-8-4-14(24-20-8)15(21)19-13(16(22)23)5-9-7-18-12-6-10(17)2-3-11(9)12/h2-4,6-7,13,18H,5H2,1H3,(H,19,21)(H,22,23)/t13-/m0/s1. The first kappa shape index (κ1) is 15.7. The molecule has 0 fully saturated rings. The van der Waals surface area contributed by atoms with Crippen LogP contribution in [0.4, 0.5) is 4.39 Å². The van der Waals surface area contributed by atoms with E-state index in [9.17, 15) is 19.1 Å². The van der Waals surface area contributed by atoms with Crippen LogP contribution in [-0.4, -0.2) is 33.2 Å². The number of aromatic nitrogens is 2. The van der Waals surface area contributed by atoms with Gasteiger partial charge < -0.3 is 19.9 Å². The average Bonchev–Trinajstić information content (AvgIpc) is 3.12. The van der Waals surface area contributed by atoms with Gasteiger partial charge in [0.15, 0.2) is 0 Å². The third-order valence-electron chi connectivity index (χ3n) is 3.61. The molecule has 1 aromatic carbocycles. The van der Waals surface area contributed by atoms with Crippen molar-refractivity contribution in [2.75, 3.05) is 0 Å². The van der Waals surface area contributed by atoms with Gasteiger partial charge in [-0.3, -0.25) is 4.79 Å². The highest BCUT2D eigenvalue weighted by Crippen LogP contribution is 2.20. The number of carbonyl (C=O) groups excluding carboxylic acids is 1.